The predicted octanol–water partition coefficient (Wildman–Crippen LogP) is 4.26. The Labute approximate surface area is 162 Å². The summed E-state index contributed by atoms with van der Waals surface area (Å²) in [5, 5.41) is -0.254. The van der Waals surface area contributed by atoms with E-state index in [1.807, 2.05) is 30.3 Å². The number of imide groups is 1. The molecule has 2 aromatic carbocycles. The first-order valence-electron chi connectivity index (χ1n) is 7.49. The van der Waals surface area contributed by atoms with E-state index in [2.05, 4.69) is 22.6 Å². The number of hydrogen-bond donors (Lipinski definition) is 0. The summed E-state index contributed by atoms with van der Waals surface area (Å²) in [5.41, 5.74) is 1.72. The molecule has 2 aliphatic heterocycles. The Hall–Kier alpha value is -2.00. The minimum Gasteiger partial charge on any atom is -0.454 e. The lowest BCUT2D eigenvalue weighted by Gasteiger charge is -2.12. The van der Waals surface area contributed by atoms with E-state index in [9.17, 15) is 9.59 Å². The van der Waals surface area contributed by atoms with Crippen molar-refractivity contribution in [3.63, 3.8) is 0 Å². The van der Waals surface area contributed by atoms with Gasteiger partial charge in [0.15, 0.2) is 11.5 Å². The average Bonchev–Trinajstić information content (AvgIpc) is 3.16. The van der Waals surface area contributed by atoms with Gasteiger partial charge in [-0.1, -0.05) is 18.2 Å². The molecule has 0 saturated carbocycles. The zero-order chi connectivity index (χ0) is 17.4. The zero-order valence-corrected chi connectivity index (χ0v) is 15.9. The summed E-state index contributed by atoms with van der Waals surface area (Å²) < 4.78 is 11.7. The monoisotopic (exact) mass is 465 g/mol. The molecule has 126 valence electrons. The first-order valence-corrected chi connectivity index (χ1v) is 9.39. The van der Waals surface area contributed by atoms with Crippen molar-refractivity contribution in [3.8, 4) is 11.5 Å². The first kappa shape index (κ1) is 16.5. The Morgan fingerprint density at radius 1 is 1.08 bits per heavy atom. The normalized spacial score (nSPS) is 17.6. The van der Waals surface area contributed by atoms with Crippen LogP contribution in [0.2, 0.25) is 0 Å². The van der Waals surface area contributed by atoms with Gasteiger partial charge in [0.25, 0.3) is 11.1 Å². The number of hydrogen-bond acceptors (Lipinski definition) is 5. The summed E-state index contributed by atoms with van der Waals surface area (Å²) in [6.07, 6.45) is 1.71. The smallest absolute Gasteiger partial charge is 0.293 e. The van der Waals surface area contributed by atoms with Crippen LogP contribution in [0.4, 0.5) is 4.79 Å². The predicted molar refractivity (Wildman–Crippen MR) is 103 cm³/mol. The fourth-order valence-corrected chi connectivity index (χ4v) is 3.76. The molecule has 5 nitrogen and oxygen atoms in total. The van der Waals surface area contributed by atoms with E-state index in [1.54, 1.807) is 18.2 Å². The Kier molecular flexibility index (Phi) is 4.43. The van der Waals surface area contributed by atoms with Gasteiger partial charge in [0.2, 0.25) is 6.79 Å². The van der Waals surface area contributed by atoms with E-state index in [0.29, 0.717) is 16.4 Å². The summed E-state index contributed by atoms with van der Waals surface area (Å²) in [4.78, 5) is 26.5. The quantitative estimate of drug-likeness (QED) is 0.501. The lowest BCUT2D eigenvalue weighted by atomic mass is 10.2. The maximum Gasteiger partial charge on any atom is 0.293 e. The molecule has 4 rings (SSSR count). The topological polar surface area (TPSA) is 55.8 Å². The van der Waals surface area contributed by atoms with Crippen molar-refractivity contribution < 1.29 is 19.1 Å². The lowest BCUT2D eigenvalue weighted by molar-refractivity contribution is -0.123. The van der Waals surface area contributed by atoms with E-state index in [0.717, 1.165) is 26.5 Å². The number of carbonyl (C=O) groups is 2. The second-order valence-electron chi connectivity index (χ2n) is 5.51. The number of thioether (sulfide) groups is 1. The highest BCUT2D eigenvalue weighted by molar-refractivity contribution is 14.1. The zero-order valence-electron chi connectivity index (χ0n) is 12.9. The maximum atomic E-state index is 12.6. The molecule has 2 heterocycles. The van der Waals surface area contributed by atoms with Crippen molar-refractivity contribution in [1.29, 1.82) is 0 Å². The molecule has 2 aliphatic rings. The van der Waals surface area contributed by atoms with Crippen molar-refractivity contribution in [3.05, 3.63) is 62.1 Å². The van der Waals surface area contributed by atoms with Crippen LogP contribution in [0.15, 0.2) is 47.4 Å². The van der Waals surface area contributed by atoms with Gasteiger partial charge >= 0.3 is 0 Å². The molecule has 0 spiro atoms. The van der Waals surface area contributed by atoms with E-state index in [-0.39, 0.29) is 24.5 Å². The third-order valence-corrected chi connectivity index (χ3v) is 5.45. The van der Waals surface area contributed by atoms with E-state index in [4.69, 9.17) is 9.47 Å². The standard InChI is InChI=1S/C18H12INO4S/c19-13-4-1-11(2-5-13)9-20-17(21)16(25-18(20)22)8-12-3-6-14-15(7-12)24-10-23-14/h1-8H,9-10H2/b16-8-. The van der Waals surface area contributed by atoms with Gasteiger partial charge in [-0.25, -0.2) is 0 Å². The van der Waals surface area contributed by atoms with Gasteiger partial charge in [-0.15, -0.1) is 0 Å². The first-order chi connectivity index (χ1) is 12.1. The fraction of sp³-hybridized carbons (Fsp3) is 0.111. The number of amides is 2. The lowest BCUT2D eigenvalue weighted by Crippen LogP contribution is -2.27. The van der Waals surface area contributed by atoms with Crippen LogP contribution >= 0.6 is 34.4 Å². The van der Waals surface area contributed by atoms with Gasteiger partial charge in [0.05, 0.1) is 11.4 Å². The number of rotatable bonds is 3. The third kappa shape index (κ3) is 3.38. The molecular formula is C18H12INO4S. The number of ether oxygens (including phenoxy) is 2. The fourth-order valence-electron chi connectivity index (χ4n) is 2.56. The van der Waals surface area contributed by atoms with Crippen molar-refractivity contribution >= 4 is 51.6 Å². The molecule has 0 N–H and O–H groups in total. The Bertz CT molecular complexity index is 894. The Morgan fingerprint density at radius 2 is 1.84 bits per heavy atom. The van der Waals surface area contributed by atoms with Crippen LogP contribution in [-0.4, -0.2) is 22.8 Å². The highest BCUT2D eigenvalue weighted by Gasteiger charge is 2.35. The van der Waals surface area contributed by atoms with Crippen molar-refractivity contribution in [1.82, 2.24) is 4.90 Å². The molecule has 0 bridgehead atoms. The maximum absolute atomic E-state index is 12.6. The van der Waals surface area contributed by atoms with Crippen LogP contribution in [0.5, 0.6) is 11.5 Å². The van der Waals surface area contributed by atoms with Crippen molar-refractivity contribution in [2.24, 2.45) is 0 Å². The summed E-state index contributed by atoms with van der Waals surface area (Å²) in [6.45, 7) is 0.478. The van der Waals surface area contributed by atoms with Crippen LogP contribution in [0, 0.1) is 3.57 Å². The number of fused-ring (bicyclic) bond motifs is 1. The van der Waals surface area contributed by atoms with E-state index in [1.165, 1.54) is 4.90 Å². The second kappa shape index (κ2) is 6.72. The molecule has 0 unspecified atom stereocenters. The number of halogens is 1. The van der Waals surface area contributed by atoms with Gasteiger partial charge in [-0.05, 0) is 75.8 Å². The van der Waals surface area contributed by atoms with Gasteiger partial charge in [-0.2, -0.15) is 0 Å². The molecule has 0 radical (unpaired) electrons. The Morgan fingerprint density at radius 3 is 2.64 bits per heavy atom. The van der Waals surface area contributed by atoms with Gasteiger partial charge in [0.1, 0.15) is 0 Å². The van der Waals surface area contributed by atoms with Crippen LogP contribution in [0.3, 0.4) is 0 Å². The van der Waals surface area contributed by atoms with E-state index < -0.39 is 0 Å². The number of benzene rings is 2. The second-order valence-corrected chi connectivity index (χ2v) is 7.75. The highest BCUT2D eigenvalue weighted by Crippen LogP contribution is 2.36. The highest BCUT2D eigenvalue weighted by atomic mass is 127. The van der Waals surface area contributed by atoms with Gasteiger partial charge in [-0.3, -0.25) is 14.5 Å². The minimum atomic E-state index is -0.272. The number of carbonyl (C=O) groups excluding carboxylic acids is 2. The molecule has 2 amide bonds. The largest absolute Gasteiger partial charge is 0.454 e. The molecule has 0 aromatic heterocycles. The average molecular weight is 465 g/mol. The molecule has 2 aromatic rings. The third-order valence-electron chi connectivity index (χ3n) is 3.82. The minimum absolute atomic E-state index is 0.200. The van der Waals surface area contributed by atoms with Crippen LogP contribution in [0.25, 0.3) is 6.08 Å². The molecular weight excluding hydrogens is 453 g/mol. The molecule has 1 fully saturated rings. The molecule has 1 saturated heterocycles. The Balaban J connectivity index is 1.55. The summed E-state index contributed by atoms with van der Waals surface area (Å²) in [6, 6.07) is 13.2. The molecule has 0 atom stereocenters. The van der Waals surface area contributed by atoms with Gasteiger partial charge < -0.3 is 9.47 Å². The summed E-state index contributed by atoms with van der Waals surface area (Å²) in [7, 11) is 0. The van der Waals surface area contributed by atoms with Crippen molar-refractivity contribution in [2.75, 3.05) is 6.79 Å². The van der Waals surface area contributed by atoms with Crippen LogP contribution < -0.4 is 9.47 Å². The summed E-state index contributed by atoms with van der Waals surface area (Å²) in [5.74, 6) is 1.06. The van der Waals surface area contributed by atoms with Crippen molar-refractivity contribution in [2.45, 2.75) is 6.54 Å². The molecule has 0 aliphatic carbocycles. The van der Waals surface area contributed by atoms with Crippen LogP contribution in [0.1, 0.15) is 11.1 Å². The SMILES string of the molecule is O=C1S/C(=C\c2ccc3c(c2)OCO3)C(=O)N1Cc1ccc(I)cc1. The molecule has 25 heavy (non-hydrogen) atoms. The number of nitrogens with zero attached hydrogens (tertiary/aromatic N) is 1. The van der Waals surface area contributed by atoms with Crippen LogP contribution in [-0.2, 0) is 11.3 Å². The van der Waals surface area contributed by atoms with E-state index >= 15 is 0 Å². The molecule has 7 heteroatoms. The summed E-state index contributed by atoms with van der Waals surface area (Å²) >= 11 is 3.17. The van der Waals surface area contributed by atoms with Gasteiger partial charge in [0, 0.05) is 3.57 Å².